The van der Waals surface area contributed by atoms with Crippen LogP contribution in [0.1, 0.15) is 10.6 Å². The van der Waals surface area contributed by atoms with Gasteiger partial charge in [0.2, 0.25) is 0 Å². The van der Waals surface area contributed by atoms with Gasteiger partial charge in [-0.3, -0.25) is 4.68 Å². The standard InChI is InChI=1S/C10H12BrN3S/c1-7-9(6-14(2)13-7)12-5-8-3-4-10(11)15-8/h3-4,6,12H,5H2,1-2H3. The van der Waals surface area contributed by atoms with E-state index in [0.29, 0.717) is 0 Å². The lowest BCUT2D eigenvalue weighted by atomic mass is 10.4. The van der Waals surface area contributed by atoms with Crippen molar-refractivity contribution in [2.45, 2.75) is 13.5 Å². The molecule has 0 radical (unpaired) electrons. The maximum absolute atomic E-state index is 4.28. The summed E-state index contributed by atoms with van der Waals surface area (Å²) in [5, 5.41) is 7.65. The molecular weight excluding hydrogens is 274 g/mol. The molecule has 0 saturated carbocycles. The fraction of sp³-hybridized carbons (Fsp3) is 0.300. The summed E-state index contributed by atoms with van der Waals surface area (Å²) < 4.78 is 2.99. The van der Waals surface area contributed by atoms with E-state index in [1.54, 1.807) is 11.3 Å². The highest BCUT2D eigenvalue weighted by Gasteiger charge is 2.03. The maximum atomic E-state index is 4.28. The van der Waals surface area contributed by atoms with Crippen LogP contribution in [0.25, 0.3) is 0 Å². The van der Waals surface area contributed by atoms with E-state index in [1.165, 1.54) is 8.66 Å². The van der Waals surface area contributed by atoms with Crippen LogP contribution in [0.2, 0.25) is 0 Å². The van der Waals surface area contributed by atoms with E-state index < -0.39 is 0 Å². The monoisotopic (exact) mass is 285 g/mol. The van der Waals surface area contributed by atoms with Crippen molar-refractivity contribution in [1.29, 1.82) is 0 Å². The molecular formula is C10H12BrN3S. The van der Waals surface area contributed by atoms with Crippen molar-refractivity contribution in [2.24, 2.45) is 7.05 Å². The van der Waals surface area contributed by atoms with Crippen molar-refractivity contribution in [1.82, 2.24) is 9.78 Å². The first-order valence-corrected chi connectivity index (χ1v) is 6.24. The van der Waals surface area contributed by atoms with Crippen molar-refractivity contribution >= 4 is 33.0 Å². The van der Waals surface area contributed by atoms with Crippen LogP contribution >= 0.6 is 27.3 Å². The summed E-state index contributed by atoms with van der Waals surface area (Å²) in [7, 11) is 1.93. The number of nitrogens with one attached hydrogen (secondary N) is 1. The molecule has 2 aromatic rings. The molecule has 2 aromatic heterocycles. The van der Waals surface area contributed by atoms with E-state index in [1.807, 2.05) is 24.9 Å². The van der Waals surface area contributed by atoms with E-state index in [4.69, 9.17) is 0 Å². The van der Waals surface area contributed by atoms with Gasteiger partial charge >= 0.3 is 0 Å². The Labute approximate surface area is 101 Å². The van der Waals surface area contributed by atoms with Gasteiger partial charge in [-0.15, -0.1) is 11.3 Å². The van der Waals surface area contributed by atoms with Crippen molar-refractivity contribution in [2.75, 3.05) is 5.32 Å². The molecule has 0 spiro atoms. The minimum absolute atomic E-state index is 0.850. The van der Waals surface area contributed by atoms with Gasteiger partial charge in [-0.25, -0.2) is 0 Å². The number of aromatic nitrogens is 2. The molecule has 0 bridgehead atoms. The molecule has 0 amide bonds. The van der Waals surface area contributed by atoms with Gasteiger partial charge in [0.15, 0.2) is 0 Å². The van der Waals surface area contributed by atoms with Crippen LogP contribution in [0.3, 0.4) is 0 Å². The summed E-state index contributed by atoms with van der Waals surface area (Å²) in [6, 6.07) is 4.19. The van der Waals surface area contributed by atoms with E-state index in [2.05, 4.69) is 38.5 Å². The minimum atomic E-state index is 0.850. The molecule has 0 unspecified atom stereocenters. The molecule has 0 aromatic carbocycles. The number of anilines is 1. The summed E-state index contributed by atoms with van der Waals surface area (Å²) in [6.45, 7) is 2.86. The number of hydrogen-bond acceptors (Lipinski definition) is 3. The topological polar surface area (TPSA) is 29.9 Å². The lowest BCUT2D eigenvalue weighted by Gasteiger charge is -2.01. The van der Waals surface area contributed by atoms with E-state index in [0.717, 1.165) is 17.9 Å². The van der Waals surface area contributed by atoms with Crippen molar-refractivity contribution in [3.63, 3.8) is 0 Å². The van der Waals surface area contributed by atoms with Crippen LogP contribution in [-0.4, -0.2) is 9.78 Å². The molecule has 2 heterocycles. The summed E-state index contributed by atoms with van der Waals surface area (Å²) in [5.41, 5.74) is 2.13. The molecule has 3 nitrogen and oxygen atoms in total. The highest BCUT2D eigenvalue weighted by molar-refractivity contribution is 9.11. The molecule has 1 N–H and O–H groups in total. The molecule has 0 aliphatic rings. The average Bonchev–Trinajstić information content (AvgIpc) is 2.70. The van der Waals surface area contributed by atoms with E-state index >= 15 is 0 Å². The lowest BCUT2D eigenvalue weighted by molar-refractivity contribution is 0.756. The average molecular weight is 286 g/mol. The zero-order valence-electron chi connectivity index (χ0n) is 8.62. The van der Waals surface area contributed by atoms with Crippen molar-refractivity contribution in [3.05, 3.63) is 32.7 Å². The Morgan fingerprint density at radius 3 is 2.87 bits per heavy atom. The Balaban J connectivity index is 2.01. The molecule has 80 valence electrons. The van der Waals surface area contributed by atoms with Crippen LogP contribution < -0.4 is 5.32 Å². The molecule has 15 heavy (non-hydrogen) atoms. The fourth-order valence-corrected chi connectivity index (χ4v) is 2.83. The Morgan fingerprint density at radius 2 is 2.33 bits per heavy atom. The van der Waals surface area contributed by atoms with Crippen LogP contribution in [0, 0.1) is 6.92 Å². The molecule has 0 fully saturated rings. The maximum Gasteiger partial charge on any atom is 0.0825 e. The summed E-state index contributed by atoms with van der Waals surface area (Å²) in [5.74, 6) is 0. The normalized spacial score (nSPS) is 10.6. The second-order valence-corrected chi connectivity index (χ2v) is 5.91. The molecule has 2 rings (SSSR count). The van der Waals surface area contributed by atoms with Gasteiger partial charge < -0.3 is 5.32 Å². The van der Waals surface area contributed by atoms with Crippen LogP contribution in [0.5, 0.6) is 0 Å². The van der Waals surface area contributed by atoms with Gasteiger partial charge in [-0.05, 0) is 35.0 Å². The zero-order valence-corrected chi connectivity index (χ0v) is 11.0. The second kappa shape index (κ2) is 4.37. The Bertz CT molecular complexity index is 461. The molecule has 0 aliphatic carbocycles. The highest BCUT2D eigenvalue weighted by atomic mass is 79.9. The molecule has 5 heteroatoms. The van der Waals surface area contributed by atoms with Crippen molar-refractivity contribution < 1.29 is 0 Å². The smallest absolute Gasteiger partial charge is 0.0825 e. The Kier molecular flexibility index (Phi) is 3.11. The Hall–Kier alpha value is -0.810. The summed E-state index contributed by atoms with van der Waals surface area (Å²) in [6.07, 6.45) is 2.00. The third kappa shape index (κ3) is 2.60. The first-order valence-electron chi connectivity index (χ1n) is 4.63. The lowest BCUT2D eigenvalue weighted by Crippen LogP contribution is -1.97. The van der Waals surface area contributed by atoms with E-state index in [9.17, 15) is 0 Å². The van der Waals surface area contributed by atoms with Crippen LogP contribution in [-0.2, 0) is 13.6 Å². The van der Waals surface area contributed by atoms with Gasteiger partial charge in [0, 0.05) is 24.7 Å². The molecule has 0 atom stereocenters. The third-order valence-electron chi connectivity index (χ3n) is 2.10. The number of thiophene rings is 1. The fourth-order valence-electron chi connectivity index (χ4n) is 1.40. The van der Waals surface area contributed by atoms with Gasteiger partial charge in [-0.1, -0.05) is 0 Å². The SMILES string of the molecule is Cc1nn(C)cc1NCc1ccc(Br)s1. The number of hydrogen-bond donors (Lipinski definition) is 1. The van der Waals surface area contributed by atoms with Crippen LogP contribution in [0.4, 0.5) is 5.69 Å². The number of nitrogens with zero attached hydrogens (tertiary/aromatic N) is 2. The van der Waals surface area contributed by atoms with E-state index in [-0.39, 0.29) is 0 Å². The van der Waals surface area contributed by atoms with Crippen LogP contribution in [0.15, 0.2) is 22.1 Å². The third-order valence-corrected chi connectivity index (χ3v) is 3.72. The number of aryl methyl sites for hydroxylation is 2. The van der Waals surface area contributed by atoms with Gasteiger partial charge in [0.1, 0.15) is 0 Å². The predicted octanol–water partition coefficient (Wildman–Crippen LogP) is 3.16. The number of rotatable bonds is 3. The number of halogens is 1. The quantitative estimate of drug-likeness (QED) is 0.939. The molecule has 0 saturated heterocycles. The van der Waals surface area contributed by atoms with Gasteiger partial charge in [0.05, 0.1) is 15.2 Å². The summed E-state index contributed by atoms with van der Waals surface area (Å²) in [4.78, 5) is 1.31. The summed E-state index contributed by atoms with van der Waals surface area (Å²) >= 11 is 5.20. The first kappa shape index (κ1) is 10.7. The first-order chi connectivity index (χ1) is 7.15. The Morgan fingerprint density at radius 1 is 1.53 bits per heavy atom. The largest absolute Gasteiger partial charge is 0.377 e. The predicted molar refractivity (Wildman–Crippen MR) is 67.3 cm³/mol. The highest BCUT2D eigenvalue weighted by Crippen LogP contribution is 2.23. The van der Waals surface area contributed by atoms with Gasteiger partial charge in [0.25, 0.3) is 0 Å². The van der Waals surface area contributed by atoms with Crippen molar-refractivity contribution in [3.8, 4) is 0 Å². The molecule has 0 aliphatic heterocycles. The second-order valence-electron chi connectivity index (χ2n) is 3.36. The van der Waals surface area contributed by atoms with Gasteiger partial charge in [-0.2, -0.15) is 5.10 Å². The zero-order chi connectivity index (χ0) is 10.8. The minimum Gasteiger partial charge on any atom is -0.377 e.